The van der Waals surface area contributed by atoms with Crippen molar-refractivity contribution in [2.75, 3.05) is 11.4 Å². The van der Waals surface area contributed by atoms with Crippen LogP contribution in [-0.2, 0) is 4.79 Å². The average Bonchev–Trinajstić information content (AvgIpc) is 2.89. The second kappa shape index (κ2) is 7.21. The minimum Gasteiger partial charge on any atom is -0.335 e. The molecule has 3 amide bonds. The summed E-state index contributed by atoms with van der Waals surface area (Å²) >= 11 is 5.88. The van der Waals surface area contributed by atoms with Crippen molar-refractivity contribution < 1.29 is 9.59 Å². The summed E-state index contributed by atoms with van der Waals surface area (Å²) in [6.45, 7) is 0.499. The summed E-state index contributed by atoms with van der Waals surface area (Å²) < 4.78 is 0. The molecule has 2 fully saturated rings. The van der Waals surface area contributed by atoms with Crippen LogP contribution in [0.5, 0.6) is 0 Å². The summed E-state index contributed by atoms with van der Waals surface area (Å²) in [5.41, 5.74) is 0.816. The molecule has 2 N–H and O–H groups in total. The quantitative estimate of drug-likeness (QED) is 0.891. The molecular weight excluding hydrogens is 314 g/mol. The first-order chi connectivity index (χ1) is 11.1. The smallest absolute Gasteiger partial charge is 0.315 e. The van der Waals surface area contributed by atoms with Crippen molar-refractivity contribution in [1.82, 2.24) is 10.6 Å². The number of benzene rings is 1. The van der Waals surface area contributed by atoms with Gasteiger partial charge in [0.15, 0.2) is 0 Å². The molecule has 0 spiro atoms. The number of rotatable bonds is 3. The van der Waals surface area contributed by atoms with Crippen LogP contribution >= 0.6 is 11.6 Å². The Morgan fingerprint density at radius 3 is 2.39 bits per heavy atom. The molecule has 1 atom stereocenters. The number of anilines is 1. The Bertz CT molecular complexity index is 570. The largest absolute Gasteiger partial charge is 0.335 e. The maximum atomic E-state index is 12.2. The van der Waals surface area contributed by atoms with E-state index < -0.39 is 0 Å². The van der Waals surface area contributed by atoms with Gasteiger partial charge >= 0.3 is 6.03 Å². The van der Waals surface area contributed by atoms with Crippen molar-refractivity contribution >= 4 is 29.2 Å². The number of amides is 3. The van der Waals surface area contributed by atoms with E-state index in [0.717, 1.165) is 18.5 Å². The third-order valence-corrected chi connectivity index (χ3v) is 4.79. The Labute approximate surface area is 141 Å². The third kappa shape index (κ3) is 4.16. The molecule has 0 aromatic heterocycles. The topological polar surface area (TPSA) is 61.4 Å². The van der Waals surface area contributed by atoms with E-state index in [9.17, 15) is 9.59 Å². The molecule has 6 heteroatoms. The van der Waals surface area contributed by atoms with Crippen LogP contribution in [0.2, 0.25) is 5.02 Å². The number of hydrogen-bond donors (Lipinski definition) is 2. The zero-order chi connectivity index (χ0) is 16.2. The number of nitrogens with one attached hydrogen (secondary N) is 2. The SMILES string of the molecule is O=C(NC1CCCCC1)N[C@@H]1CC(=O)N(c2ccc(Cl)cc2)C1. The first kappa shape index (κ1) is 16.1. The first-order valence-corrected chi connectivity index (χ1v) is 8.62. The fourth-order valence-electron chi connectivity index (χ4n) is 3.33. The molecule has 1 heterocycles. The van der Waals surface area contributed by atoms with Crippen molar-refractivity contribution in [1.29, 1.82) is 0 Å². The van der Waals surface area contributed by atoms with Crippen molar-refractivity contribution in [3.05, 3.63) is 29.3 Å². The maximum absolute atomic E-state index is 12.2. The molecule has 2 aliphatic rings. The number of nitrogens with zero attached hydrogens (tertiary/aromatic N) is 1. The Balaban J connectivity index is 1.52. The number of urea groups is 1. The van der Waals surface area contributed by atoms with Gasteiger partial charge in [0.05, 0.1) is 6.04 Å². The zero-order valence-electron chi connectivity index (χ0n) is 13.1. The minimum atomic E-state index is -0.160. The monoisotopic (exact) mass is 335 g/mol. The van der Waals surface area contributed by atoms with E-state index in [1.807, 2.05) is 12.1 Å². The summed E-state index contributed by atoms with van der Waals surface area (Å²) in [5.74, 6) is 0.0234. The Kier molecular flexibility index (Phi) is 5.06. The van der Waals surface area contributed by atoms with Crippen LogP contribution in [0.4, 0.5) is 10.5 Å². The predicted octanol–water partition coefficient (Wildman–Crippen LogP) is 3.08. The lowest BCUT2D eigenvalue weighted by atomic mass is 9.96. The molecule has 0 unspecified atom stereocenters. The number of halogens is 1. The van der Waals surface area contributed by atoms with Gasteiger partial charge in [-0.05, 0) is 37.1 Å². The fourth-order valence-corrected chi connectivity index (χ4v) is 3.46. The summed E-state index contributed by atoms with van der Waals surface area (Å²) in [7, 11) is 0. The van der Waals surface area contributed by atoms with Crippen LogP contribution in [0.25, 0.3) is 0 Å². The average molecular weight is 336 g/mol. The highest BCUT2D eigenvalue weighted by Crippen LogP contribution is 2.23. The molecular formula is C17H22ClN3O2. The van der Waals surface area contributed by atoms with Crippen LogP contribution in [0.15, 0.2) is 24.3 Å². The molecule has 3 rings (SSSR count). The van der Waals surface area contributed by atoms with Gasteiger partial charge in [0, 0.05) is 29.7 Å². The molecule has 1 aliphatic carbocycles. The predicted molar refractivity (Wildman–Crippen MR) is 90.8 cm³/mol. The summed E-state index contributed by atoms with van der Waals surface area (Å²) in [6.07, 6.45) is 6.05. The van der Waals surface area contributed by atoms with Crippen molar-refractivity contribution in [3.8, 4) is 0 Å². The van der Waals surface area contributed by atoms with E-state index in [2.05, 4.69) is 10.6 Å². The third-order valence-electron chi connectivity index (χ3n) is 4.54. The van der Waals surface area contributed by atoms with Crippen LogP contribution in [0.3, 0.4) is 0 Å². The second-order valence-corrected chi connectivity index (χ2v) is 6.77. The number of hydrogen-bond acceptors (Lipinski definition) is 2. The molecule has 23 heavy (non-hydrogen) atoms. The van der Waals surface area contributed by atoms with Gasteiger partial charge in [-0.25, -0.2) is 4.79 Å². The zero-order valence-corrected chi connectivity index (χ0v) is 13.8. The first-order valence-electron chi connectivity index (χ1n) is 8.25. The van der Waals surface area contributed by atoms with Crippen molar-refractivity contribution in [3.63, 3.8) is 0 Å². The second-order valence-electron chi connectivity index (χ2n) is 6.33. The van der Waals surface area contributed by atoms with Gasteiger partial charge in [0.2, 0.25) is 5.91 Å². The van der Waals surface area contributed by atoms with Gasteiger partial charge < -0.3 is 15.5 Å². The van der Waals surface area contributed by atoms with Crippen molar-refractivity contribution in [2.45, 2.75) is 50.6 Å². The van der Waals surface area contributed by atoms with Gasteiger partial charge in [0.1, 0.15) is 0 Å². The fraction of sp³-hybridized carbons (Fsp3) is 0.529. The Morgan fingerprint density at radius 2 is 1.70 bits per heavy atom. The van der Waals surface area contributed by atoms with E-state index in [1.54, 1.807) is 17.0 Å². The molecule has 1 saturated heterocycles. The maximum Gasteiger partial charge on any atom is 0.315 e. The lowest BCUT2D eigenvalue weighted by molar-refractivity contribution is -0.117. The Hall–Kier alpha value is -1.75. The molecule has 1 aliphatic heterocycles. The molecule has 1 aromatic rings. The summed E-state index contributed by atoms with van der Waals surface area (Å²) in [5, 5.41) is 6.60. The summed E-state index contributed by atoms with van der Waals surface area (Å²) in [4.78, 5) is 26.0. The van der Waals surface area contributed by atoms with Gasteiger partial charge in [-0.1, -0.05) is 30.9 Å². The lowest BCUT2D eigenvalue weighted by Gasteiger charge is -2.24. The number of carbonyl (C=O) groups is 2. The van der Waals surface area contributed by atoms with Crippen LogP contribution in [0, 0.1) is 0 Å². The highest BCUT2D eigenvalue weighted by molar-refractivity contribution is 6.30. The summed E-state index contributed by atoms with van der Waals surface area (Å²) in [6, 6.07) is 7.14. The Morgan fingerprint density at radius 1 is 1.04 bits per heavy atom. The van der Waals surface area contributed by atoms with Crippen molar-refractivity contribution in [2.24, 2.45) is 0 Å². The lowest BCUT2D eigenvalue weighted by Crippen LogP contribution is -2.47. The van der Waals surface area contributed by atoms with Gasteiger partial charge in [0.25, 0.3) is 0 Å². The van der Waals surface area contributed by atoms with E-state index in [0.29, 0.717) is 18.0 Å². The highest BCUT2D eigenvalue weighted by Gasteiger charge is 2.31. The van der Waals surface area contributed by atoms with Gasteiger partial charge in [-0.2, -0.15) is 0 Å². The molecule has 1 saturated carbocycles. The van der Waals surface area contributed by atoms with Gasteiger partial charge in [-0.15, -0.1) is 0 Å². The van der Waals surface area contributed by atoms with Crippen LogP contribution in [-0.4, -0.2) is 30.6 Å². The minimum absolute atomic E-state index is 0.0234. The van der Waals surface area contributed by atoms with Crippen LogP contribution < -0.4 is 15.5 Å². The molecule has 0 radical (unpaired) electrons. The molecule has 1 aromatic carbocycles. The van der Waals surface area contributed by atoms with Crippen LogP contribution in [0.1, 0.15) is 38.5 Å². The number of carbonyl (C=O) groups excluding carboxylic acids is 2. The normalized spacial score (nSPS) is 22.2. The molecule has 5 nitrogen and oxygen atoms in total. The van der Waals surface area contributed by atoms with Gasteiger partial charge in [-0.3, -0.25) is 4.79 Å². The highest BCUT2D eigenvalue weighted by atomic mass is 35.5. The van der Waals surface area contributed by atoms with E-state index in [-0.39, 0.29) is 24.0 Å². The van der Waals surface area contributed by atoms with E-state index in [4.69, 9.17) is 11.6 Å². The van der Waals surface area contributed by atoms with E-state index in [1.165, 1.54) is 19.3 Å². The standard InChI is InChI=1S/C17H22ClN3O2/c18-12-6-8-15(9-7-12)21-11-14(10-16(21)22)20-17(23)19-13-4-2-1-3-5-13/h6-9,13-14H,1-5,10-11H2,(H2,19,20,23)/t14-/m1/s1. The van der Waals surface area contributed by atoms with E-state index >= 15 is 0 Å². The molecule has 124 valence electrons. The molecule has 0 bridgehead atoms.